The molecule has 1 aromatic carbocycles. The standard InChI is InChI=1S/C16H19BrN2OS/c1-11(2)20-13-7-12(8-19-9-13)15(18)10-21-16-6-4-3-5-14(16)17/h3-9,11,15H,10,18H2,1-2H3. The SMILES string of the molecule is CC(C)Oc1cncc(C(N)CSc2ccccc2Br)c1. The molecule has 0 saturated carbocycles. The molecule has 0 bridgehead atoms. The van der Waals surface area contributed by atoms with E-state index in [0.29, 0.717) is 0 Å². The Kier molecular flexibility index (Phi) is 6.08. The summed E-state index contributed by atoms with van der Waals surface area (Å²) in [5, 5.41) is 0. The number of nitrogens with two attached hydrogens (primary N) is 1. The fourth-order valence-electron chi connectivity index (χ4n) is 1.81. The molecule has 0 aliphatic rings. The summed E-state index contributed by atoms with van der Waals surface area (Å²) in [7, 11) is 0. The van der Waals surface area contributed by atoms with Crippen LogP contribution < -0.4 is 10.5 Å². The summed E-state index contributed by atoms with van der Waals surface area (Å²) in [6, 6.07) is 10.0. The van der Waals surface area contributed by atoms with Crippen molar-refractivity contribution in [2.75, 3.05) is 5.75 Å². The molecule has 0 aliphatic heterocycles. The Morgan fingerprint density at radius 2 is 2.05 bits per heavy atom. The Bertz CT molecular complexity index is 592. The lowest BCUT2D eigenvalue weighted by atomic mass is 10.1. The van der Waals surface area contributed by atoms with Crippen LogP contribution in [-0.4, -0.2) is 16.8 Å². The van der Waals surface area contributed by atoms with E-state index in [2.05, 4.69) is 27.0 Å². The summed E-state index contributed by atoms with van der Waals surface area (Å²) < 4.78 is 6.75. The predicted octanol–water partition coefficient (Wildman–Crippen LogP) is 4.42. The molecule has 2 aromatic rings. The lowest BCUT2D eigenvalue weighted by molar-refractivity contribution is 0.241. The van der Waals surface area contributed by atoms with Gasteiger partial charge in [-0.2, -0.15) is 0 Å². The molecule has 0 fully saturated rings. The molecule has 0 aliphatic carbocycles. The topological polar surface area (TPSA) is 48.1 Å². The molecule has 112 valence electrons. The van der Waals surface area contributed by atoms with E-state index in [0.717, 1.165) is 21.5 Å². The number of hydrogen-bond donors (Lipinski definition) is 1. The Morgan fingerprint density at radius 3 is 2.76 bits per heavy atom. The lowest BCUT2D eigenvalue weighted by Crippen LogP contribution is -2.14. The van der Waals surface area contributed by atoms with Gasteiger partial charge >= 0.3 is 0 Å². The van der Waals surface area contributed by atoms with Crippen LogP contribution in [0.2, 0.25) is 0 Å². The quantitative estimate of drug-likeness (QED) is 0.768. The van der Waals surface area contributed by atoms with Gasteiger partial charge in [-0.3, -0.25) is 4.98 Å². The van der Waals surface area contributed by atoms with Gasteiger partial charge in [0.2, 0.25) is 0 Å². The van der Waals surface area contributed by atoms with Crippen LogP contribution in [0.4, 0.5) is 0 Å². The van der Waals surface area contributed by atoms with E-state index in [-0.39, 0.29) is 12.1 Å². The Morgan fingerprint density at radius 1 is 1.29 bits per heavy atom. The lowest BCUT2D eigenvalue weighted by Gasteiger charge is -2.14. The van der Waals surface area contributed by atoms with Crippen molar-refractivity contribution in [1.82, 2.24) is 4.98 Å². The fraction of sp³-hybridized carbons (Fsp3) is 0.312. The Balaban J connectivity index is 2.00. The van der Waals surface area contributed by atoms with Gasteiger partial charge < -0.3 is 10.5 Å². The molecule has 0 saturated heterocycles. The highest BCUT2D eigenvalue weighted by atomic mass is 79.9. The first-order chi connectivity index (χ1) is 10.1. The highest BCUT2D eigenvalue weighted by Gasteiger charge is 2.10. The van der Waals surface area contributed by atoms with Crippen LogP contribution in [0, 0.1) is 0 Å². The van der Waals surface area contributed by atoms with E-state index >= 15 is 0 Å². The van der Waals surface area contributed by atoms with Crippen LogP contribution in [-0.2, 0) is 0 Å². The molecule has 1 atom stereocenters. The van der Waals surface area contributed by atoms with Crippen LogP contribution in [0.5, 0.6) is 5.75 Å². The highest BCUT2D eigenvalue weighted by molar-refractivity contribution is 9.10. The zero-order valence-electron chi connectivity index (χ0n) is 12.1. The Labute approximate surface area is 138 Å². The minimum atomic E-state index is -0.0784. The maximum Gasteiger partial charge on any atom is 0.138 e. The maximum absolute atomic E-state index is 6.26. The number of nitrogens with zero attached hydrogens (tertiary/aromatic N) is 1. The summed E-state index contributed by atoms with van der Waals surface area (Å²) in [5.41, 5.74) is 7.25. The minimum absolute atomic E-state index is 0.0784. The molecule has 1 unspecified atom stereocenters. The van der Waals surface area contributed by atoms with Gasteiger partial charge in [-0.05, 0) is 53.5 Å². The fourth-order valence-corrected chi connectivity index (χ4v) is 3.37. The summed E-state index contributed by atoms with van der Waals surface area (Å²) in [6.07, 6.45) is 3.66. The van der Waals surface area contributed by atoms with Crippen molar-refractivity contribution in [3.05, 3.63) is 52.8 Å². The van der Waals surface area contributed by atoms with Crippen molar-refractivity contribution in [2.45, 2.75) is 30.9 Å². The van der Waals surface area contributed by atoms with E-state index < -0.39 is 0 Å². The Hall–Kier alpha value is -1.04. The van der Waals surface area contributed by atoms with Crippen LogP contribution in [0.15, 0.2) is 52.1 Å². The second kappa shape index (κ2) is 7.82. The van der Waals surface area contributed by atoms with Crippen LogP contribution in [0.25, 0.3) is 0 Å². The molecular formula is C16H19BrN2OS. The molecule has 0 radical (unpaired) electrons. The van der Waals surface area contributed by atoms with Crippen LogP contribution >= 0.6 is 27.7 Å². The molecule has 1 heterocycles. The average molecular weight is 367 g/mol. The van der Waals surface area contributed by atoms with Crippen molar-refractivity contribution in [3.63, 3.8) is 0 Å². The van der Waals surface area contributed by atoms with Crippen molar-refractivity contribution < 1.29 is 4.74 Å². The van der Waals surface area contributed by atoms with Gasteiger partial charge in [-0.1, -0.05) is 12.1 Å². The summed E-state index contributed by atoms with van der Waals surface area (Å²) in [6.45, 7) is 3.99. The van der Waals surface area contributed by atoms with Crippen LogP contribution in [0.3, 0.4) is 0 Å². The predicted molar refractivity (Wildman–Crippen MR) is 91.8 cm³/mol. The summed E-state index contributed by atoms with van der Waals surface area (Å²) in [4.78, 5) is 5.40. The maximum atomic E-state index is 6.26. The molecule has 3 nitrogen and oxygen atoms in total. The van der Waals surface area contributed by atoms with Crippen molar-refractivity contribution in [2.24, 2.45) is 5.73 Å². The van der Waals surface area contributed by atoms with Gasteiger partial charge in [0.05, 0.1) is 12.3 Å². The number of halogens is 1. The smallest absolute Gasteiger partial charge is 0.138 e. The molecule has 2 rings (SSSR count). The largest absolute Gasteiger partial charge is 0.489 e. The average Bonchev–Trinajstić information content (AvgIpc) is 2.45. The van der Waals surface area contributed by atoms with Crippen molar-refractivity contribution >= 4 is 27.7 Å². The first-order valence-electron chi connectivity index (χ1n) is 6.81. The van der Waals surface area contributed by atoms with Gasteiger partial charge in [0.1, 0.15) is 5.75 Å². The third-order valence-corrected chi connectivity index (χ3v) is 4.94. The van der Waals surface area contributed by atoms with E-state index in [1.165, 1.54) is 4.90 Å². The van der Waals surface area contributed by atoms with E-state index in [9.17, 15) is 0 Å². The third kappa shape index (κ3) is 5.02. The summed E-state index contributed by atoms with van der Waals surface area (Å²) in [5.74, 6) is 1.55. The molecule has 21 heavy (non-hydrogen) atoms. The van der Waals surface area contributed by atoms with Gasteiger partial charge in [0.15, 0.2) is 0 Å². The number of ether oxygens (including phenoxy) is 1. The molecule has 0 amide bonds. The number of hydrogen-bond acceptors (Lipinski definition) is 4. The zero-order chi connectivity index (χ0) is 15.2. The number of benzene rings is 1. The van der Waals surface area contributed by atoms with E-state index in [1.807, 2.05) is 38.1 Å². The number of rotatable bonds is 6. The third-order valence-electron chi connectivity index (χ3n) is 2.79. The van der Waals surface area contributed by atoms with Crippen LogP contribution in [0.1, 0.15) is 25.5 Å². The second-order valence-corrected chi connectivity index (χ2v) is 6.88. The first kappa shape index (κ1) is 16.3. The normalized spacial score (nSPS) is 12.4. The number of aromatic nitrogens is 1. The van der Waals surface area contributed by atoms with Gasteiger partial charge in [-0.15, -0.1) is 11.8 Å². The van der Waals surface area contributed by atoms with Gasteiger partial charge in [0.25, 0.3) is 0 Å². The number of pyridine rings is 1. The molecule has 0 spiro atoms. The van der Waals surface area contributed by atoms with E-state index in [4.69, 9.17) is 10.5 Å². The summed E-state index contributed by atoms with van der Waals surface area (Å²) >= 11 is 5.28. The van der Waals surface area contributed by atoms with Gasteiger partial charge in [0, 0.05) is 27.4 Å². The number of thioether (sulfide) groups is 1. The zero-order valence-corrected chi connectivity index (χ0v) is 14.5. The second-order valence-electron chi connectivity index (χ2n) is 4.97. The minimum Gasteiger partial charge on any atom is -0.489 e. The monoisotopic (exact) mass is 366 g/mol. The molecular weight excluding hydrogens is 348 g/mol. The molecule has 5 heteroatoms. The first-order valence-corrected chi connectivity index (χ1v) is 8.58. The van der Waals surface area contributed by atoms with E-state index in [1.54, 1.807) is 24.2 Å². The van der Waals surface area contributed by atoms with Crippen molar-refractivity contribution in [1.29, 1.82) is 0 Å². The van der Waals surface area contributed by atoms with Gasteiger partial charge in [-0.25, -0.2) is 0 Å². The molecule has 2 N–H and O–H groups in total. The highest BCUT2D eigenvalue weighted by Crippen LogP contribution is 2.30. The van der Waals surface area contributed by atoms with Crippen molar-refractivity contribution in [3.8, 4) is 5.75 Å². The molecule has 1 aromatic heterocycles.